The molecule has 0 unspecified atom stereocenters. The lowest BCUT2D eigenvalue weighted by molar-refractivity contribution is 0.102. The topological polar surface area (TPSA) is 58.1 Å². The first kappa shape index (κ1) is 18.9. The van der Waals surface area contributed by atoms with Crippen molar-refractivity contribution in [2.75, 3.05) is 18.4 Å². The van der Waals surface area contributed by atoms with Gasteiger partial charge in [0, 0.05) is 60.7 Å². The Labute approximate surface area is 177 Å². The van der Waals surface area contributed by atoms with E-state index in [1.165, 1.54) is 30.4 Å². The molecule has 0 saturated heterocycles. The highest BCUT2D eigenvalue weighted by Gasteiger charge is 2.26. The highest BCUT2D eigenvalue weighted by atomic mass is 16.1. The predicted molar refractivity (Wildman–Crippen MR) is 118 cm³/mol. The fraction of sp³-hybridized carbons (Fsp3) is 0.320. The lowest BCUT2D eigenvalue weighted by atomic mass is 9.91. The number of hydrogen-bond donors (Lipinski definition) is 1. The molecule has 5 nitrogen and oxygen atoms in total. The minimum Gasteiger partial charge on any atom is -0.322 e. The van der Waals surface area contributed by atoms with Crippen molar-refractivity contribution in [2.45, 2.75) is 38.1 Å². The SMILES string of the molecule is O=C(Nc1ccc2c(c1)CCN(C1CCC1)CC2)c1cncc(-c2cccnc2)c1. The van der Waals surface area contributed by atoms with Crippen LogP contribution in [0.4, 0.5) is 5.69 Å². The third kappa shape index (κ3) is 3.98. The summed E-state index contributed by atoms with van der Waals surface area (Å²) in [5.74, 6) is -0.141. The summed E-state index contributed by atoms with van der Waals surface area (Å²) in [7, 11) is 0. The molecule has 3 heterocycles. The molecular formula is C25H26N4O. The van der Waals surface area contributed by atoms with Gasteiger partial charge < -0.3 is 5.32 Å². The normalized spacial score (nSPS) is 16.9. The van der Waals surface area contributed by atoms with Crippen molar-refractivity contribution >= 4 is 11.6 Å². The smallest absolute Gasteiger partial charge is 0.257 e. The summed E-state index contributed by atoms with van der Waals surface area (Å²) >= 11 is 0. The van der Waals surface area contributed by atoms with E-state index >= 15 is 0 Å². The molecule has 1 aliphatic heterocycles. The molecule has 30 heavy (non-hydrogen) atoms. The summed E-state index contributed by atoms with van der Waals surface area (Å²) in [6.07, 6.45) is 13.1. The Morgan fingerprint density at radius 1 is 0.933 bits per heavy atom. The van der Waals surface area contributed by atoms with Crippen molar-refractivity contribution in [1.82, 2.24) is 14.9 Å². The zero-order valence-corrected chi connectivity index (χ0v) is 17.1. The second-order valence-corrected chi connectivity index (χ2v) is 8.26. The minimum atomic E-state index is -0.141. The third-order valence-corrected chi connectivity index (χ3v) is 6.39. The number of pyridine rings is 2. The van der Waals surface area contributed by atoms with Gasteiger partial charge in [0.15, 0.2) is 0 Å². The van der Waals surface area contributed by atoms with Gasteiger partial charge in [0.2, 0.25) is 0 Å². The monoisotopic (exact) mass is 398 g/mol. The molecule has 0 atom stereocenters. The molecule has 3 aromatic rings. The van der Waals surface area contributed by atoms with Crippen LogP contribution in [0.1, 0.15) is 40.7 Å². The molecule has 5 rings (SSSR count). The molecule has 0 spiro atoms. The first-order valence-electron chi connectivity index (χ1n) is 10.8. The van der Waals surface area contributed by atoms with Gasteiger partial charge in [-0.15, -0.1) is 0 Å². The van der Waals surface area contributed by atoms with E-state index in [1.54, 1.807) is 24.8 Å². The fourth-order valence-electron chi connectivity index (χ4n) is 4.40. The van der Waals surface area contributed by atoms with E-state index in [1.807, 2.05) is 24.3 Å². The molecule has 1 N–H and O–H groups in total. The van der Waals surface area contributed by atoms with Gasteiger partial charge in [-0.1, -0.05) is 18.6 Å². The van der Waals surface area contributed by atoms with Gasteiger partial charge in [-0.2, -0.15) is 0 Å². The summed E-state index contributed by atoms with van der Waals surface area (Å²) in [4.78, 5) is 23.9. The van der Waals surface area contributed by atoms with Crippen LogP contribution in [0.25, 0.3) is 11.1 Å². The van der Waals surface area contributed by atoms with E-state index in [0.29, 0.717) is 5.56 Å². The Bertz CT molecular complexity index is 1050. The average molecular weight is 399 g/mol. The van der Waals surface area contributed by atoms with Crippen LogP contribution in [0.3, 0.4) is 0 Å². The zero-order chi connectivity index (χ0) is 20.3. The number of carbonyl (C=O) groups is 1. The number of amides is 1. The predicted octanol–water partition coefficient (Wildman–Crippen LogP) is 4.35. The summed E-state index contributed by atoms with van der Waals surface area (Å²) in [6, 6.07) is 12.8. The second kappa shape index (κ2) is 8.36. The van der Waals surface area contributed by atoms with Gasteiger partial charge in [0.25, 0.3) is 5.91 Å². The van der Waals surface area contributed by atoms with Crippen molar-refractivity contribution in [3.05, 3.63) is 77.9 Å². The van der Waals surface area contributed by atoms with Crippen LogP contribution >= 0.6 is 0 Å². The fourth-order valence-corrected chi connectivity index (χ4v) is 4.40. The Kier molecular flexibility index (Phi) is 5.28. The van der Waals surface area contributed by atoms with Gasteiger partial charge in [0.05, 0.1) is 5.56 Å². The van der Waals surface area contributed by atoms with Crippen molar-refractivity contribution in [2.24, 2.45) is 0 Å². The maximum atomic E-state index is 12.8. The Morgan fingerprint density at radius 2 is 1.77 bits per heavy atom. The molecule has 0 radical (unpaired) electrons. The van der Waals surface area contributed by atoms with Crippen LogP contribution in [0.5, 0.6) is 0 Å². The average Bonchev–Trinajstić information content (AvgIpc) is 2.96. The number of carbonyl (C=O) groups excluding carboxylic acids is 1. The Morgan fingerprint density at radius 3 is 2.53 bits per heavy atom. The van der Waals surface area contributed by atoms with Gasteiger partial charge in [-0.05, 0) is 61.1 Å². The highest BCUT2D eigenvalue weighted by Crippen LogP contribution is 2.28. The molecule has 0 bridgehead atoms. The molecule has 1 saturated carbocycles. The van der Waals surface area contributed by atoms with Crippen LogP contribution in [0.2, 0.25) is 0 Å². The minimum absolute atomic E-state index is 0.141. The quantitative estimate of drug-likeness (QED) is 0.710. The van der Waals surface area contributed by atoms with Crippen LogP contribution < -0.4 is 5.32 Å². The van der Waals surface area contributed by atoms with Crippen molar-refractivity contribution < 1.29 is 4.79 Å². The zero-order valence-electron chi connectivity index (χ0n) is 17.1. The van der Waals surface area contributed by atoms with E-state index in [0.717, 1.165) is 48.8 Å². The first-order chi connectivity index (χ1) is 14.8. The van der Waals surface area contributed by atoms with E-state index in [-0.39, 0.29) is 5.91 Å². The molecule has 1 aliphatic carbocycles. The van der Waals surface area contributed by atoms with Crippen molar-refractivity contribution in [3.63, 3.8) is 0 Å². The molecule has 152 valence electrons. The molecule has 5 heteroatoms. The Balaban J connectivity index is 1.30. The number of rotatable bonds is 4. The van der Waals surface area contributed by atoms with Gasteiger partial charge in [-0.3, -0.25) is 19.7 Å². The molecule has 2 aliphatic rings. The van der Waals surface area contributed by atoms with Gasteiger partial charge in [0.1, 0.15) is 0 Å². The largest absolute Gasteiger partial charge is 0.322 e. The third-order valence-electron chi connectivity index (χ3n) is 6.39. The van der Waals surface area contributed by atoms with E-state index in [4.69, 9.17) is 0 Å². The highest BCUT2D eigenvalue weighted by molar-refractivity contribution is 6.04. The van der Waals surface area contributed by atoms with Crippen LogP contribution in [-0.4, -0.2) is 39.9 Å². The number of hydrogen-bond acceptors (Lipinski definition) is 4. The second-order valence-electron chi connectivity index (χ2n) is 8.26. The number of benzene rings is 1. The molecule has 1 amide bonds. The maximum Gasteiger partial charge on any atom is 0.257 e. The van der Waals surface area contributed by atoms with Gasteiger partial charge >= 0.3 is 0 Å². The molecule has 1 aromatic carbocycles. The van der Waals surface area contributed by atoms with Crippen LogP contribution in [0, 0.1) is 0 Å². The standard InChI is InChI=1S/C25H26N4O/c30-25(22-13-21(16-27-17-22)20-3-2-10-26-15-20)28-23-7-6-18-8-11-29(24-4-1-5-24)12-9-19(18)14-23/h2-3,6-7,10,13-17,24H,1,4-5,8-9,11-12H2,(H,28,30). The molecular weight excluding hydrogens is 372 g/mol. The summed E-state index contributed by atoms with van der Waals surface area (Å²) in [6.45, 7) is 2.27. The molecule has 2 aromatic heterocycles. The van der Waals surface area contributed by atoms with Gasteiger partial charge in [-0.25, -0.2) is 0 Å². The van der Waals surface area contributed by atoms with E-state index in [2.05, 4.69) is 32.3 Å². The Hall–Kier alpha value is -3.05. The summed E-state index contributed by atoms with van der Waals surface area (Å²) < 4.78 is 0. The number of fused-ring (bicyclic) bond motifs is 1. The number of aromatic nitrogens is 2. The lowest BCUT2D eigenvalue weighted by Crippen LogP contribution is -2.41. The number of nitrogens with zero attached hydrogens (tertiary/aromatic N) is 3. The summed E-state index contributed by atoms with van der Waals surface area (Å²) in [5, 5.41) is 3.06. The van der Waals surface area contributed by atoms with E-state index < -0.39 is 0 Å². The molecule has 1 fully saturated rings. The van der Waals surface area contributed by atoms with Crippen molar-refractivity contribution in [1.29, 1.82) is 0 Å². The number of anilines is 1. The first-order valence-corrected chi connectivity index (χ1v) is 10.8. The van der Waals surface area contributed by atoms with Crippen molar-refractivity contribution in [3.8, 4) is 11.1 Å². The van der Waals surface area contributed by atoms with E-state index in [9.17, 15) is 4.79 Å². The van der Waals surface area contributed by atoms with Crippen LogP contribution in [0.15, 0.2) is 61.2 Å². The summed E-state index contributed by atoms with van der Waals surface area (Å²) in [5.41, 5.74) is 5.99. The maximum absolute atomic E-state index is 12.8. The number of nitrogens with one attached hydrogen (secondary N) is 1. The van der Waals surface area contributed by atoms with Crippen LogP contribution in [-0.2, 0) is 12.8 Å². The lowest BCUT2D eigenvalue weighted by Gasteiger charge is -2.36.